The van der Waals surface area contributed by atoms with Crippen LogP contribution < -0.4 is 5.32 Å². The summed E-state index contributed by atoms with van der Waals surface area (Å²) in [5.41, 5.74) is 0.851. The van der Waals surface area contributed by atoms with E-state index < -0.39 is 0 Å². The van der Waals surface area contributed by atoms with E-state index in [0.29, 0.717) is 5.92 Å². The van der Waals surface area contributed by atoms with Crippen LogP contribution in [0.5, 0.6) is 0 Å². The molecule has 0 bridgehead atoms. The van der Waals surface area contributed by atoms with Crippen LogP contribution in [0, 0.1) is 5.92 Å². The molecule has 2 aromatic rings. The number of halogens is 1. The first-order valence-electron chi connectivity index (χ1n) is 6.76. The maximum Gasteiger partial charge on any atom is 0.163 e. The van der Waals surface area contributed by atoms with Crippen molar-refractivity contribution in [1.29, 1.82) is 0 Å². The third-order valence-corrected chi connectivity index (χ3v) is 4.45. The van der Waals surface area contributed by atoms with Crippen LogP contribution in [0.1, 0.15) is 25.7 Å². The van der Waals surface area contributed by atoms with Gasteiger partial charge in [-0.2, -0.15) is 5.10 Å². The van der Waals surface area contributed by atoms with Crippen LogP contribution >= 0.6 is 11.6 Å². The molecule has 2 unspecified atom stereocenters. The first-order chi connectivity index (χ1) is 9.25. The topological polar surface area (TPSA) is 55.6 Å². The molecule has 2 heterocycles. The second-order valence-corrected chi connectivity index (χ2v) is 5.73. The van der Waals surface area contributed by atoms with Crippen molar-refractivity contribution in [2.45, 2.75) is 31.1 Å². The van der Waals surface area contributed by atoms with E-state index in [2.05, 4.69) is 20.4 Å². The summed E-state index contributed by atoms with van der Waals surface area (Å²) in [6, 6.07) is 0. The van der Waals surface area contributed by atoms with Gasteiger partial charge in [0.2, 0.25) is 0 Å². The number of aromatic nitrogens is 4. The van der Waals surface area contributed by atoms with Crippen LogP contribution in [0.2, 0.25) is 0 Å². The molecule has 1 aliphatic rings. The van der Waals surface area contributed by atoms with Crippen LogP contribution in [0.4, 0.5) is 5.82 Å². The van der Waals surface area contributed by atoms with Crippen LogP contribution in [0.15, 0.2) is 12.5 Å². The van der Waals surface area contributed by atoms with Gasteiger partial charge >= 0.3 is 0 Å². The van der Waals surface area contributed by atoms with E-state index in [9.17, 15) is 0 Å². The molecule has 102 valence electrons. The highest BCUT2D eigenvalue weighted by Gasteiger charge is 2.23. The van der Waals surface area contributed by atoms with Crippen LogP contribution in [0.3, 0.4) is 0 Å². The number of hydrogen-bond acceptors (Lipinski definition) is 4. The summed E-state index contributed by atoms with van der Waals surface area (Å²) in [6.07, 6.45) is 8.23. The average Bonchev–Trinajstić information content (AvgIpc) is 2.81. The van der Waals surface area contributed by atoms with Crippen LogP contribution in [-0.4, -0.2) is 31.7 Å². The Morgan fingerprint density at radius 2 is 2.21 bits per heavy atom. The third-order valence-electron chi connectivity index (χ3n) is 3.88. The fraction of sp³-hybridized carbons (Fsp3) is 0.615. The molecule has 19 heavy (non-hydrogen) atoms. The predicted molar refractivity (Wildman–Crippen MR) is 76.4 cm³/mol. The van der Waals surface area contributed by atoms with Gasteiger partial charge in [-0.05, 0) is 18.8 Å². The summed E-state index contributed by atoms with van der Waals surface area (Å²) in [5, 5.41) is 8.88. The van der Waals surface area contributed by atoms with Gasteiger partial charge in [0.15, 0.2) is 5.65 Å². The van der Waals surface area contributed by atoms with Crippen molar-refractivity contribution in [3.8, 4) is 0 Å². The molecule has 1 aliphatic carbocycles. The lowest BCUT2D eigenvalue weighted by atomic mass is 9.89. The number of nitrogens with one attached hydrogen (secondary N) is 1. The van der Waals surface area contributed by atoms with E-state index in [-0.39, 0.29) is 5.38 Å². The lowest BCUT2D eigenvalue weighted by Crippen LogP contribution is -2.27. The van der Waals surface area contributed by atoms with E-state index >= 15 is 0 Å². The molecule has 3 rings (SSSR count). The number of anilines is 1. The molecule has 2 atom stereocenters. The number of fused-ring (bicyclic) bond motifs is 1. The molecule has 0 amide bonds. The highest BCUT2D eigenvalue weighted by atomic mass is 35.5. The highest BCUT2D eigenvalue weighted by Crippen LogP contribution is 2.29. The van der Waals surface area contributed by atoms with E-state index in [4.69, 9.17) is 11.6 Å². The first kappa shape index (κ1) is 12.7. The zero-order valence-electron chi connectivity index (χ0n) is 11.0. The smallest absolute Gasteiger partial charge is 0.163 e. The fourth-order valence-corrected chi connectivity index (χ4v) is 3.09. The summed E-state index contributed by atoms with van der Waals surface area (Å²) in [4.78, 5) is 8.55. The monoisotopic (exact) mass is 279 g/mol. The molecule has 0 saturated heterocycles. The molecule has 0 spiro atoms. The zero-order chi connectivity index (χ0) is 13.2. The summed E-state index contributed by atoms with van der Waals surface area (Å²) in [5.74, 6) is 1.38. The van der Waals surface area contributed by atoms with Crippen molar-refractivity contribution in [3.05, 3.63) is 12.5 Å². The van der Waals surface area contributed by atoms with Crippen molar-refractivity contribution in [2.75, 3.05) is 11.9 Å². The van der Waals surface area contributed by atoms with Gasteiger partial charge in [0.25, 0.3) is 0 Å². The number of hydrogen-bond donors (Lipinski definition) is 1. The maximum absolute atomic E-state index is 6.38. The molecule has 5 nitrogen and oxygen atoms in total. The van der Waals surface area contributed by atoms with Gasteiger partial charge in [-0.15, -0.1) is 11.6 Å². The Bertz CT molecular complexity index is 567. The van der Waals surface area contributed by atoms with E-state index in [1.165, 1.54) is 19.3 Å². The van der Waals surface area contributed by atoms with Gasteiger partial charge in [-0.3, -0.25) is 4.68 Å². The zero-order valence-corrected chi connectivity index (χ0v) is 11.8. The molecule has 1 saturated carbocycles. The molecule has 0 radical (unpaired) electrons. The summed E-state index contributed by atoms with van der Waals surface area (Å²) in [7, 11) is 1.88. The maximum atomic E-state index is 6.38. The predicted octanol–water partition coefficient (Wildman–Crippen LogP) is 2.57. The van der Waals surface area contributed by atoms with Crippen molar-refractivity contribution >= 4 is 28.5 Å². The molecular formula is C13H18ClN5. The Hall–Kier alpha value is -1.36. The minimum atomic E-state index is 0.285. The van der Waals surface area contributed by atoms with Gasteiger partial charge in [-0.25, -0.2) is 9.97 Å². The van der Waals surface area contributed by atoms with Crippen molar-refractivity contribution in [2.24, 2.45) is 13.0 Å². The summed E-state index contributed by atoms with van der Waals surface area (Å²) in [6.45, 7) is 0.870. The second kappa shape index (κ2) is 5.33. The lowest BCUT2D eigenvalue weighted by molar-refractivity contribution is 0.380. The Morgan fingerprint density at radius 3 is 3.05 bits per heavy atom. The van der Waals surface area contributed by atoms with E-state index in [1.807, 2.05) is 7.05 Å². The largest absolute Gasteiger partial charge is 0.369 e. The van der Waals surface area contributed by atoms with Gasteiger partial charge < -0.3 is 5.32 Å². The van der Waals surface area contributed by atoms with E-state index in [0.717, 1.165) is 29.8 Å². The van der Waals surface area contributed by atoms with Crippen molar-refractivity contribution in [3.63, 3.8) is 0 Å². The van der Waals surface area contributed by atoms with Crippen molar-refractivity contribution in [1.82, 2.24) is 19.7 Å². The minimum Gasteiger partial charge on any atom is -0.369 e. The fourth-order valence-electron chi connectivity index (χ4n) is 2.72. The number of alkyl halides is 1. The Morgan fingerprint density at radius 1 is 1.37 bits per heavy atom. The highest BCUT2D eigenvalue weighted by molar-refractivity contribution is 6.20. The average molecular weight is 280 g/mol. The van der Waals surface area contributed by atoms with Gasteiger partial charge in [0, 0.05) is 19.0 Å². The summed E-state index contributed by atoms with van der Waals surface area (Å²) < 4.78 is 1.76. The Labute approximate surface area is 117 Å². The molecule has 2 aromatic heterocycles. The first-order valence-corrected chi connectivity index (χ1v) is 7.20. The molecule has 6 heteroatoms. The number of aryl methyl sites for hydroxylation is 1. The standard InChI is InChI=1S/C13H18ClN5/c1-19-13-10(7-18-19)12(16-8-17-13)15-6-9-4-2-3-5-11(9)14/h7-9,11H,2-6H2,1H3,(H,15,16,17). The number of nitrogens with zero attached hydrogens (tertiary/aromatic N) is 4. The van der Waals surface area contributed by atoms with Gasteiger partial charge in [0.05, 0.1) is 11.6 Å². The lowest BCUT2D eigenvalue weighted by Gasteiger charge is -2.27. The molecular weight excluding hydrogens is 262 g/mol. The Kier molecular flexibility index (Phi) is 3.55. The minimum absolute atomic E-state index is 0.285. The second-order valence-electron chi connectivity index (χ2n) is 5.17. The van der Waals surface area contributed by atoms with Crippen LogP contribution in [-0.2, 0) is 7.05 Å². The van der Waals surface area contributed by atoms with Gasteiger partial charge in [0.1, 0.15) is 12.1 Å². The Balaban J connectivity index is 1.74. The molecule has 1 N–H and O–H groups in total. The number of rotatable bonds is 3. The normalized spacial score (nSPS) is 23.7. The SMILES string of the molecule is Cn1ncc2c(NCC3CCCCC3Cl)ncnc21. The van der Waals surface area contributed by atoms with E-state index in [1.54, 1.807) is 17.2 Å². The molecule has 0 aliphatic heterocycles. The van der Waals surface area contributed by atoms with Crippen LogP contribution in [0.25, 0.3) is 11.0 Å². The molecule has 0 aromatic carbocycles. The summed E-state index contributed by atoms with van der Waals surface area (Å²) >= 11 is 6.38. The molecule has 1 fully saturated rings. The van der Waals surface area contributed by atoms with Gasteiger partial charge in [-0.1, -0.05) is 12.8 Å². The third kappa shape index (κ3) is 2.52. The quantitative estimate of drug-likeness (QED) is 0.878. The van der Waals surface area contributed by atoms with Crippen molar-refractivity contribution < 1.29 is 0 Å².